The second-order valence-corrected chi connectivity index (χ2v) is 8.24. The summed E-state index contributed by atoms with van der Waals surface area (Å²) in [5.74, 6) is 0.765. The highest BCUT2D eigenvalue weighted by molar-refractivity contribution is 7.09. The van der Waals surface area contributed by atoms with E-state index in [-0.39, 0.29) is 18.4 Å². The lowest BCUT2D eigenvalue weighted by atomic mass is 9.97. The summed E-state index contributed by atoms with van der Waals surface area (Å²) < 4.78 is 5.88. The van der Waals surface area contributed by atoms with Crippen LogP contribution in [0.1, 0.15) is 29.5 Å². The number of nitrogens with one attached hydrogen (secondary N) is 2. The van der Waals surface area contributed by atoms with Gasteiger partial charge in [-0.25, -0.2) is 9.78 Å². The molecule has 2 N–H and O–H groups in total. The molecule has 0 bridgehead atoms. The lowest BCUT2D eigenvalue weighted by Gasteiger charge is -2.29. The molecule has 1 aliphatic rings. The predicted molar refractivity (Wildman–Crippen MR) is 112 cm³/mol. The Hall–Kier alpha value is -2.71. The molecule has 0 saturated carbocycles. The number of para-hydroxylation sites is 2. The number of thiophene rings is 1. The fourth-order valence-electron chi connectivity index (χ4n) is 3.57. The largest absolute Gasteiger partial charge is 0.440 e. The zero-order chi connectivity index (χ0) is 20.1. The van der Waals surface area contributed by atoms with Gasteiger partial charge in [-0.1, -0.05) is 18.2 Å². The van der Waals surface area contributed by atoms with Crippen LogP contribution in [0.25, 0.3) is 11.1 Å². The number of carbonyl (C=O) groups is 2. The van der Waals surface area contributed by atoms with Crippen molar-refractivity contribution in [2.24, 2.45) is 0 Å². The second-order valence-electron chi connectivity index (χ2n) is 7.20. The number of piperidine rings is 1. The minimum absolute atomic E-state index is 0.221. The molecule has 1 aromatic carbocycles. The van der Waals surface area contributed by atoms with E-state index in [9.17, 15) is 9.59 Å². The van der Waals surface area contributed by atoms with E-state index in [1.165, 1.54) is 4.88 Å². The summed E-state index contributed by atoms with van der Waals surface area (Å²) in [5, 5.41) is 7.14. The Labute approximate surface area is 173 Å². The van der Waals surface area contributed by atoms with Gasteiger partial charge in [-0.05, 0) is 55.9 Å². The van der Waals surface area contributed by atoms with Gasteiger partial charge in [-0.3, -0.25) is 15.0 Å². The Bertz CT molecular complexity index is 928. The third kappa shape index (κ3) is 5.21. The highest BCUT2D eigenvalue weighted by atomic mass is 32.1. The molecule has 3 aromatic rings. The highest BCUT2D eigenvalue weighted by Gasteiger charge is 2.25. The Morgan fingerprint density at radius 3 is 2.76 bits per heavy atom. The van der Waals surface area contributed by atoms with Gasteiger partial charge in [0.2, 0.25) is 5.91 Å². The molecule has 3 amide bonds. The van der Waals surface area contributed by atoms with E-state index in [1.54, 1.807) is 11.3 Å². The van der Waals surface area contributed by atoms with Crippen molar-refractivity contribution < 1.29 is 14.0 Å². The maximum absolute atomic E-state index is 12.1. The lowest BCUT2D eigenvalue weighted by molar-refractivity contribution is -0.121. The van der Waals surface area contributed by atoms with E-state index in [0.29, 0.717) is 6.54 Å². The molecular weight excluding hydrogens is 388 g/mol. The van der Waals surface area contributed by atoms with E-state index >= 15 is 0 Å². The number of fused-ring (bicyclic) bond motifs is 1. The molecule has 1 fully saturated rings. The van der Waals surface area contributed by atoms with Crippen molar-refractivity contribution in [2.75, 3.05) is 26.2 Å². The van der Waals surface area contributed by atoms with Gasteiger partial charge in [0.15, 0.2) is 11.5 Å². The molecule has 152 valence electrons. The van der Waals surface area contributed by atoms with Crippen LogP contribution in [0.4, 0.5) is 4.79 Å². The third-order valence-corrected chi connectivity index (χ3v) is 6.04. The van der Waals surface area contributed by atoms with Crippen LogP contribution in [0.2, 0.25) is 0 Å². The molecular formula is C21H24N4O3S. The van der Waals surface area contributed by atoms with Crippen LogP contribution in [-0.4, -0.2) is 48.0 Å². The summed E-state index contributed by atoms with van der Waals surface area (Å²) in [7, 11) is 0. The molecule has 8 heteroatoms. The molecule has 2 aromatic heterocycles. The topological polar surface area (TPSA) is 87.5 Å². The first kappa shape index (κ1) is 19.6. The van der Waals surface area contributed by atoms with Gasteiger partial charge in [-0.2, -0.15) is 0 Å². The molecule has 29 heavy (non-hydrogen) atoms. The van der Waals surface area contributed by atoms with Crippen LogP contribution in [0.15, 0.2) is 46.2 Å². The fourth-order valence-corrected chi connectivity index (χ4v) is 4.28. The number of urea groups is 1. The van der Waals surface area contributed by atoms with Crippen molar-refractivity contribution in [1.29, 1.82) is 0 Å². The molecule has 1 aliphatic heterocycles. The van der Waals surface area contributed by atoms with E-state index in [2.05, 4.69) is 20.5 Å². The molecule has 4 rings (SSSR count). The first-order valence-electron chi connectivity index (χ1n) is 9.85. The van der Waals surface area contributed by atoms with Gasteiger partial charge in [-0.15, -0.1) is 11.3 Å². The average molecular weight is 413 g/mol. The number of likely N-dealkylation sites (tertiary alicyclic amines) is 1. The summed E-state index contributed by atoms with van der Waals surface area (Å²) in [6.07, 6.45) is 2.53. The van der Waals surface area contributed by atoms with Gasteiger partial charge >= 0.3 is 6.03 Å². The summed E-state index contributed by atoms with van der Waals surface area (Å²) in [6, 6.07) is 11.3. The first-order valence-corrected chi connectivity index (χ1v) is 10.7. The fraction of sp³-hybridized carbons (Fsp3) is 0.381. The SMILES string of the molecule is O=C(CN1CCC(c2nc3ccccc3o2)CC1)NC(=O)NCCc1cccs1. The van der Waals surface area contributed by atoms with E-state index in [1.807, 2.05) is 41.8 Å². The summed E-state index contributed by atoms with van der Waals surface area (Å²) in [4.78, 5) is 31.9. The number of oxazole rings is 1. The van der Waals surface area contributed by atoms with Gasteiger partial charge in [0.25, 0.3) is 0 Å². The number of hydrogen-bond donors (Lipinski definition) is 2. The molecule has 7 nitrogen and oxygen atoms in total. The smallest absolute Gasteiger partial charge is 0.321 e. The Kier molecular flexibility index (Phi) is 6.21. The normalized spacial score (nSPS) is 15.4. The molecule has 0 atom stereocenters. The van der Waals surface area contributed by atoms with Crippen molar-refractivity contribution in [3.63, 3.8) is 0 Å². The number of nitrogens with zero attached hydrogens (tertiary/aromatic N) is 2. The molecule has 3 heterocycles. The number of benzene rings is 1. The van der Waals surface area contributed by atoms with Gasteiger partial charge < -0.3 is 9.73 Å². The molecule has 0 radical (unpaired) electrons. The van der Waals surface area contributed by atoms with Crippen molar-refractivity contribution >= 4 is 34.4 Å². The highest BCUT2D eigenvalue weighted by Crippen LogP contribution is 2.29. The van der Waals surface area contributed by atoms with Crippen LogP contribution in [-0.2, 0) is 11.2 Å². The average Bonchev–Trinajstić information content (AvgIpc) is 3.38. The summed E-state index contributed by atoms with van der Waals surface area (Å²) in [5.41, 5.74) is 1.70. The van der Waals surface area contributed by atoms with Crippen molar-refractivity contribution in [3.8, 4) is 0 Å². The minimum Gasteiger partial charge on any atom is -0.440 e. The zero-order valence-corrected chi connectivity index (χ0v) is 16.9. The number of rotatable bonds is 6. The minimum atomic E-state index is -0.437. The Morgan fingerprint density at radius 2 is 2.00 bits per heavy atom. The van der Waals surface area contributed by atoms with Gasteiger partial charge in [0.1, 0.15) is 5.52 Å². The van der Waals surface area contributed by atoms with Crippen LogP contribution in [0, 0.1) is 0 Å². The van der Waals surface area contributed by atoms with E-state index < -0.39 is 6.03 Å². The first-order chi connectivity index (χ1) is 14.2. The third-order valence-electron chi connectivity index (χ3n) is 5.10. The number of aromatic nitrogens is 1. The quantitative estimate of drug-likeness (QED) is 0.649. The van der Waals surface area contributed by atoms with Gasteiger partial charge in [0.05, 0.1) is 6.54 Å². The van der Waals surface area contributed by atoms with Crippen LogP contribution < -0.4 is 10.6 Å². The standard InChI is InChI=1S/C21H24N4O3S/c26-19(24-21(27)22-10-7-16-4-3-13-29-16)14-25-11-8-15(9-12-25)20-23-17-5-1-2-6-18(17)28-20/h1-6,13,15H,7-12,14H2,(H2,22,24,26,27). The predicted octanol–water partition coefficient (Wildman–Crippen LogP) is 3.14. The van der Waals surface area contributed by atoms with Crippen molar-refractivity contribution in [2.45, 2.75) is 25.2 Å². The maximum atomic E-state index is 12.1. The molecule has 0 spiro atoms. The van der Waals surface area contributed by atoms with E-state index in [0.717, 1.165) is 49.3 Å². The van der Waals surface area contributed by atoms with Crippen LogP contribution in [0.5, 0.6) is 0 Å². The van der Waals surface area contributed by atoms with E-state index in [4.69, 9.17) is 4.42 Å². The number of hydrogen-bond acceptors (Lipinski definition) is 6. The monoisotopic (exact) mass is 412 g/mol. The molecule has 0 aliphatic carbocycles. The van der Waals surface area contributed by atoms with Crippen molar-refractivity contribution in [1.82, 2.24) is 20.5 Å². The molecule has 0 unspecified atom stereocenters. The number of carbonyl (C=O) groups excluding carboxylic acids is 2. The summed E-state index contributed by atoms with van der Waals surface area (Å²) in [6.45, 7) is 2.28. The summed E-state index contributed by atoms with van der Waals surface area (Å²) >= 11 is 1.65. The number of amides is 3. The van der Waals surface area contributed by atoms with Crippen LogP contribution >= 0.6 is 11.3 Å². The van der Waals surface area contributed by atoms with Crippen molar-refractivity contribution in [3.05, 3.63) is 52.5 Å². The maximum Gasteiger partial charge on any atom is 0.321 e. The number of imide groups is 1. The Balaban J connectivity index is 1.18. The van der Waals surface area contributed by atoms with Gasteiger partial charge in [0, 0.05) is 17.3 Å². The second kappa shape index (κ2) is 9.19. The Morgan fingerprint density at radius 1 is 1.17 bits per heavy atom. The molecule has 1 saturated heterocycles. The zero-order valence-electron chi connectivity index (χ0n) is 16.1. The lowest BCUT2D eigenvalue weighted by Crippen LogP contribution is -2.46. The van der Waals surface area contributed by atoms with Crippen LogP contribution in [0.3, 0.4) is 0 Å².